The summed E-state index contributed by atoms with van der Waals surface area (Å²) in [7, 11) is 0. The van der Waals surface area contributed by atoms with Crippen molar-refractivity contribution in [3.63, 3.8) is 0 Å². The Labute approximate surface area is 127 Å². The first-order valence-electron chi connectivity index (χ1n) is 7.85. The van der Waals surface area contributed by atoms with E-state index in [1.165, 1.54) is 19.4 Å². The third-order valence-electron chi connectivity index (χ3n) is 4.34. The number of hydrogen-bond acceptors (Lipinski definition) is 3. The maximum Gasteiger partial charge on any atom is 0.251 e. The molecule has 1 aromatic rings. The maximum absolute atomic E-state index is 12.3. The average molecular weight is 289 g/mol. The summed E-state index contributed by atoms with van der Waals surface area (Å²) in [6.07, 6.45) is 2.41. The fraction of sp³-hybridized carbons (Fsp3) is 0.588. The van der Waals surface area contributed by atoms with E-state index in [0.717, 1.165) is 18.7 Å². The third-order valence-corrected chi connectivity index (χ3v) is 4.34. The second-order valence-corrected chi connectivity index (χ2v) is 6.38. The molecule has 0 aromatic heterocycles. The highest BCUT2D eigenvalue weighted by molar-refractivity contribution is 5.96. The zero-order valence-electron chi connectivity index (χ0n) is 13.4. The summed E-state index contributed by atoms with van der Waals surface area (Å²) in [4.78, 5) is 14.8. The Morgan fingerprint density at radius 2 is 2.24 bits per heavy atom. The van der Waals surface area contributed by atoms with Crippen LogP contribution in [0.4, 0.5) is 5.69 Å². The lowest BCUT2D eigenvalue weighted by Crippen LogP contribution is -2.43. The van der Waals surface area contributed by atoms with Gasteiger partial charge in [-0.1, -0.05) is 6.07 Å². The van der Waals surface area contributed by atoms with Gasteiger partial charge in [0.15, 0.2) is 0 Å². The summed E-state index contributed by atoms with van der Waals surface area (Å²) in [5.41, 5.74) is 8.06. The summed E-state index contributed by atoms with van der Waals surface area (Å²) >= 11 is 0. The van der Waals surface area contributed by atoms with Gasteiger partial charge in [-0.05, 0) is 63.8 Å². The van der Waals surface area contributed by atoms with Gasteiger partial charge in [0.2, 0.25) is 0 Å². The molecule has 1 saturated heterocycles. The van der Waals surface area contributed by atoms with Crippen molar-refractivity contribution in [2.24, 2.45) is 5.92 Å². The van der Waals surface area contributed by atoms with Crippen molar-refractivity contribution in [2.75, 3.05) is 25.4 Å². The summed E-state index contributed by atoms with van der Waals surface area (Å²) in [5, 5.41) is 3.08. The number of nitrogens with zero attached hydrogens (tertiary/aromatic N) is 1. The largest absolute Gasteiger partial charge is 0.399 e. The highest BCUT2D eigenvalue weighted by atomic mass is 16.1. The van der Waals surface area contributed by atoms with Gasteiger partial charge in [0, 0.05) is 30.4 Å². The molecule has 3 N–H and O–H groups in total. The Kier molecular flexibility index (Phi) is 5.23. The van der Waals surface area contributed by atoms with Crippen molar-refractivity contribution < 1.29 is 4.79 Å². The van der Waals surface area contributed by atoms with Crippen LogP contribution in [0.5, 0.6) is 0 Å². The van der Waals surface area contributed by atoms with E-state index in [9.17, 15) is 4.79 Å². The third kappa shape index (κ3) is 4.21. The van der Waals surface area contributed by atoms with Gasteiger partial charge in [-0.15, -0.1) is 0 Å². The minimum Gasteiger partial charge on any atom is -0.399 e. The molecule has 1 unspecified atom stereocenters. The molecule has 0 saturated carbocycles. The molecule has 4 nitrogen and oxygen atoms in total. The quantitative estimate of drug-likeness (QED) is 0.837. The van der Waals surface area contributed by atoms with E-state index in [1.807, 2.05) is 19.1 Å². The molecule has 0 radical (unpaired) electrons. The van der Waals surface area contributed by atoms with Crippen molar-refractivity contribution in [1.29, 1.82) is 0 Å². The number of likely N-dealkylation sites (tertiary alicyclic amines) is 1. The van der Waals surface area contributed by atoms with Crippen LogP contribution in [0, 0.1) is 12.8 Å². The van der Waals surface area contributed by atoms with Gasteiger partial charge in [0.05, 0.1) is 0 Å². The Balaban J connectivity index is 1.90. The number of carbonyl (C=O) groups excluding carboxylic acids is 1. The number of rotatable bonds is 4. The first-order chi connectivity index (χ1) is 9.97. The highest BCUT2D eigenvalue weighted by Gasteiger charge is 2.22. The first kappa shape index (κ1) is 15.8. The van der Waals surface area contributed by atoms with E-state index in [2.05, 4.69) is 24.1 Å². The number of hydrogen-bond donors (Lipinski definition) is 2. The Morgan fingerprint density at radius 1 is 1.48 bits per heavy atom. The van der Waals surface area contributed by atoms with Crippen LogP contribution in [0.25, 0.3) is 0 Å². The lowest BCUT2D eigenvalue weighted by molar-refractivity contribution is 0.0922. The highest BCUT2D eigenvalue weighted by Crippen LogP contribution is 2.18. The predicted molar refractivity (Wildman–Crippen MR) is 87.4 cm³/mol. The fourth-order valence-electron chi connectivity index (χ4n) is 2.95. The monoisotopic (exact) mass is 289 g/mol. The molecule has 1 aliphatic heterocycles. The van der Waals surface area contributed by atoms with Crippen LogP contribution in [-0.4, -0.2) is 36.5 Å². The van der Waals surface area contributed by atoms with Crippen LogP contribution in [0.2, 0.25) is 0 Å². The first-order valence-corrected chi connectivity index (χ1v) is 7.85. The van der Waals surface area contributed by atoms with Gasteiger partial charge in [-0.2, -0.15) is 0 Å². The molecule has 21 heavy (non-hydrogen) atoms. The smallest absolute Gasteiger partial charge is 0.251 e. The van der Waals surface area contributed by atoms with E-state index in [-0.39, 0.29) is 5.91 Å². The standard InChI is InChI=1S/C17H27N3O/c1-12(2)20-8-4-5-14(11-20)10-19-17(21)16-9-15(18)7-6-13(16)3/h6-7,9,12,14H,4-5,8,10-11,18H2,1-3H3,(H,19,21). The van der Waals surface area contributed by atoms with Gasteiger partial charge >= 0.3 is 0 Å². The maximum atomic E-state index is 12.3. The fourth-order valence-corrected chi connectivity index (χ4v) is 2.95. The Bertz CT molecular complexity index is 499. The minimum absolute atomic E-state index is 0.0125. The number of piperidine rings is 1. The number of carbonyl (C=O) groups is 1. The van der Waals surface area contributed by atoms with Gasteiger partial charge in [-0.3, -0.25) is 4.79 Å². The molecule has 1 atom stereocenters. The van der Waals surface area contributed by atoms with Crippen molar-refractivity contribution in [3.8, 4) is 0 Å². The zero-order valence-corrected chi connectivity index (χ0v) is 13.4. The number of anilines is 1. The van der Waals surface area contributed by atoms with Crippen LogP contribution in [0.1, 0.15) is 42.6 Å². The van der Waals surface area contributed by atoms with Gasteiger partial charge < -0.3 is 16.0 Å². The molecule has 116 valence electrons. The SMILES string of the molecule is Cc1ccc(N)cc1C(=O)NCC1CCCN(C(C)C)C1. The zero-order chi connectivity index (χ0) is 15.4. The average Bonchev–Trinajstić information content (AvgIpc) is 2.47. The van der Waals surface area contributed by atoms with Crippen molar-refractivity contribution in [3.05, 3.63) is 29.3 Å². The summed E-state index contributed by atoms with van der Waals surface area (Å²) in [6.45, 7) is 9.41. The lowest BCUT2D eigenvalue weighted by atomic mass is 9.96. The molecule has 0 aliphatic carbocycles. The topological polar surface area (TPSA) is 58.4 Å². The second kappa shape index (κ2) is 6.94. The van der Waals surface area contributed by atoms with Gasteiger partial charge in [0.25, 0.3) is 5.91 Å². The molecule has 2 rings (SSSR count). The molecule has 1 heterocycles. The van der Waals surface area contributed by atoms with E-state index < -0.39 is 0 Å². The van der Waals surface area contributed by atoms with Crippen molar-refractivity contribution in [1.82, 2.24) is 10.2 Å². The molecule has 1 aliphatic rings. The van der Waals surface area contributed by atoms with Crippen LogP contribution in [0.3, 0.4) is 0 Å². The van der Waals surface area contributed by atoms with Crippen LogP contribution in [-0.2, 0) is 0 Å². The minimum atomic E-state index is -0.0125. The van der Waals surface area contributed by atoms with E-state index >= 15 is 0 Å². The molecular formula is C17H27N3O. The number of nitrogens with one attached hydrogen (secondary N) is 1. The van der Waals surface area contributed by atoms with Gasteiger partial charge in [0.1, 0.15) is 0 Å². The van der Waals surface area contributed by atoms with Crippen molar-refractivity contribution in [2.45, 2.75) is 39.7 Å². The van der Waals surface area contributed by atoms with Gasteiger partial charge in [-0.25, -0.2) is 0 Å². The second-order valence-electron chi connectivity index (χ2n) is 6.38. The van der Waals surface area contributed by atoms with Crippen LogP contribution in [0.15, 0.2) is 18.2 Å². The van der Waals surface area contributed by atoms with E-state index in [4.69, 9.17) is 5.73 Å². The number of aryl methyl sites for hydroxylation is 1. The van der Waals surface area contributed by atoms with Crippen molar-refractivity contribution >= 4 is 11.6 Å². The van der Waals surface area contributed by atoms with E-state index in [1.54, 1.807) is 6.07 Å². The van der Waals surface area contributed by atoms with E-state index in [0.29, 0.717) is 23.2 Å². The molecule has 4 heteroatoms. The van der Waals surface area contributed by atoms with Crippen LogP contribution >= 0.6 is 0 Å². The summed E-state index contributed by atoms with van der Waals surface area (Å²) in [5.74, 6) is 0.535. The molecule has 1 fully saturated rings. The number of amides is 1. The normalized spacial score (nSPS) is 19.7. The Morgan fingerprint density at radius 3 is 2.95 bits per heavy atom. The lowest BCUT2D eigenvalue weighted by Gasteiger charge is -2.35. The molecular weight excluding hydrogens is 262 g/mol. The molecule has 1 aromatic carbocycles. The number of nitrogen functional groups attached to an aromatic ring is 1. The summed E-state index contributed by atoms with van der Waals surface area (Å²) < 4.78 is 0. The predicted octanol–water partition coefficient (Wildman–Crippen LogP) is 2.43. The molecule has 1 amide bonds. The molecule has 0 spiro atoms. The summed E-state index contributed by atoms with van der Waals surface area (Å²) in [6, 6.07) is 6.06. The number of nitrogens with two attached hydrogens (primary N) is 1. The molecule has 0 bridgehead atoms. The Hall–Kier alpha value is -1.55. The number of benzene rings is 1. The van der Waals surface area contributed by atoms with Crippen LogP contribution < -0.4 is 11.1 Å².